The molecule has 0 bridgehead atoms. The number of ether oxygens (including phenoxy) is 1. The number of nitrogens with one attached hydrogen (secondary N) is 2. The van der Waals surface area contributed by atoms with Crippen molar-refractivity contribution < 1.29 is 4.74 Å². The van der Waals surface area contributed by atoms with Gasteiger partial charge in [-0.15, -0.1) is 0 Å². The van der Waals surface area contributed by atoms with Gasteiger partial charge in [-0.25, -0.2) is 0 Å². The van der Waals surface area contributed by atoms with E-state index in [9.17, 15) is 0 Å². The minimum Gasteiger partial charge on any atom is -0.497 e. The summed E-state index contributed by atoms with van der Waals surface area (Å²) in [6.07, 6.45) is 3.69. The summed E-state index contributed by atoms with van der Waals surface area (Å²) in [4.78, 5) is 14.4. The number of anilines is 3. The molecule has 2 fully saturated rings. The number of benzene rings is 1. The number of aromatic nitrogens is 2. The van der Waals surface area contributed by atoms with Gasteiger partial charge < -0.3 is 25.2 Å². The van der Waals surface area contributed by atoms with Crippen LogP contribution in [-0.2, 0) is 6.54 Å². The van der Waals surface area contributed by atoms with Crippen LogP contribution in [-0.4, -0.2) is 48.4 Å². The first-order valence-electron chi connectivity index (χ1n) is 11.6. The molecule has 32 heavy (non-hydrogen) atoms. The summed E-state index contributed by atoms with van der Waals surface area (Å²) in [6, 6.07) is 10.1. The minimum absolute atomic E-state index is 0.519. The lowest BCUT2D eigenvalue weighted by Crippen LogP contribution is -2.39. The Morgan fingerprint density at radius 2 is 1.66 bits per heavy atom. The van der Waals surface area contributed by atoms with Gasteiger partial charge in [-0.1, -0.05) is 26.0 Å². The van der Waals surface area contributed by atoms with Crippen molar-refractivity contribution in [3.63, 3.8) is 0 Å². The van der Waals surface area contributed by atoms with Gasteiger partial charge in [0.25, 0.3) is 0 Å². The van der Waals surface area contributed by atoms with Gasteiger partial charge in [0.05, 0.1) is 7.11 Å². The number of thiocarbonyl (C=S) groups is 1. The monoisotopic (exact) mass is 454 g/mol. The number of hydrogen-bond acceptors (Lipinski definition) is 6. The van der Waals surface area contributed by atoms with Crippen molar-refractivity contribution in [2.24, 2.45) is 11.8 Å². The predicted molar refractivity (Wildman–Crippen MR) is 135 cm³/mol. The number of hydrogen-bond donors (Lipinski definition) is 2. The van der Waals surface area contributed by atoms with E-state index in [1.807, 2.05) is 24.3 Å². The molecule has 8 heteroatoms. The largest absolute Gasteiger partial charge is 0.497 e. The van der Waals surface area contributed by atoms with Crippen molar-refractivity contribution in [1.82, 2.24) is 15.3 Å². The molecule has 0 aliphatic carbocycles. The van der Waals surface area contributed by atoms with Gasteiger partial charge in [0, 0.05) is 38.8 Å². The fourth-order valence-corrected chi connectivity index (χ4v) is 4.83. The zero-order valence-corrected chi connectivity index (χ0v) is 20.1. The molecular weight excluding hydrogens is 420 g/mol. The molecule has 1 aromatic heterocycles. The number of nitrogens with zero attached hydrogens (tertiary/aromatic N) is 4. The molecule has 7 nitrogen and oxygen atoms in total. The van der Waals surface area contributed by atoms with Crippen LogP contribution in [0.25, 0.3) is 0 Å². The average Bonchev–Trinajstić information content (AvgIpc) is 3.32. The summed E-state index contributed by atoms with van der Waals surface area (Å²) in [7, 11) is 1.67. The van der Waals surface area contributed by atoms with E-state index in [1.54, 1.807) is 7.11 Å². The standard InChI is InChI=1S/C24H34N6OS/c1-17-12-18(2)16-30(15-17)22-13-21(29-10-4-5-11-29)26-23(27-22)28-24(32)25-14-19-6-8-20(31-3)9-7-19/h6-9,13,17-18H,4-5,10-12,14-16H2,1-3H3,(H2,25,26,27,28,32)/t17-,18-/m0/s1. The van der Waals surface area contributed by atoms with Crippen LogP contribution in [0.1, 0.15) is 38.7 Å². The molecule has 2 aliphatic rings. The maximum Gasteiger partial charge on any atom is 0.232 e. The zero-order valence-electron chi connectivity index (χ0n) is 19.3. The van der Waals surface area contributed by atoms with Crippen LogP contribution in [0.4, 0.5) is 17.6 Å². The highest BCUT2D eigenvalue weighted by Gasteiger charge is 2.25. The SMILES string of the molecule is COc1ccc(CNC(=S)Nc2nc(N3CCCC3)cc(N3C[C@@H](C)C[C@H](C)C3)n2)cc1. The van der Waals surface area contributed by atoms with Crippen molar-refractivity contribution in [1.29, 1.82) is 0 Å². The molecule has 0 amide bonds. The van der Waals surface area contributed by atoms with E-state index in [1.165, 1.54) is 19.3 Å². The van der Waals surface area contributed by atoms with E-state index >= 15 is 0 Å². The Labute approximate surface area is 196 Å². The molecule has 1 aromatic carbocycles. The van der Waals surface area contributed by atoms with E-state index in [2.05, 4.69) is 40.3 Å². The molecule has 0 spiro atoms. The van der Waals surface area contributed by atoms with Gasteiger partial charge in [-0.05, 0) is 61.0 Å². The van der Waals surface area contributed by atoms with Gasteiger partial charge in [-0.2, -0.15) is 9.97 Å². The van der Waals surface area contributed by atoms with E-state index in [0.29, 0.717) is 29.4 Å². The predicted octanol–water partition coefficient (Wildman–Crippen LogP) is 4.05. The van der Waals surface area contributed by atoms with E-state index in [0.717, 1.165) is 49.1 Å². The first kappa shape index (κ1) is 22.6. The van der Waals surface area contributed by atoms with Gasteiger partial charge in [0.15, 0.2) is 5.11 Å². The molecule has 2 aliphatic heterocycles. The van der Waals surface area contributed by atoms with E-state index in [-0.39, 0.29) is 0 Å². The van der Waals surface area contributed by atoms with Crippen LogP contribution in [0.3, 0.4) is 0 Å². The first-order chi connectivity index (χ1) is 15.5. The maximum absolute atomic E-state index is 5.54. The Morgan fingerprint density at radius 1 is 1.03 bits per heavy atom. The number of methoxy groups -OCH3 is 1. The van der Waals surface area contributed by atoms with Crippen LogP contribution in [0.2, 0.25) is 0 Å². The van der Waals surface area contributed by atoms with Gasteiger partial charge in [-0.3, -0.25) is 0 Å². The third-order valence-corrected chi connectivity index (χ3v) is 6.41. The Bertz CT molecular complexity index is 905. The topological polar surface area (TPSA) is 65.6 Å². The third-order valence-electron chi connectivity index (χ3n) is 6.16. The highest BCUT2D eigenvalue weighted by Crippen LogP contribution is 2.29. The first-order valence-corrected chi connectivity index (χ1v) is 12.0. The summed E-state index contributed by atoms with van der Waals surface area (Å²) in [5.41, 5.74) is 1.12. The number of rotatable bonds is 6. The summed E-state index contributed by atoms with van der Waals surface area (Å²) < 4.78 is 5.22. The molecule has 4 rings (SSSR count). The molecule has 2 N–H and O–H groups in total. The van der Waals surface area contributed by atoms with Crippen LogP contribution in [0, 0.1) is 11.8 Å². The molecule has 3 heterocycles. The Kier molecular flexibility index (Phi) is 7.29. The Hall–Kier alpha value is -2.61. The van der Waals surface area contributed by atoms with Gasteiger partial charge >= 0.3 is 0 Å². The van der Waals surface area contributed by atoms with Crippen molar-refractivity contribution in [3.8, 4) is 5.75 Å². The zero-order chi connectivity index (χ0) is 22.5. The Balaban J connectivity index is 1.47. The maximum atomic E-state index is 5.54. The molecule has 0 saturated carbocycles. The average molecular weight is 455 g/mol. The highest BCUT2D eigenvalue weighted by molar-refractivity contribution is 7.80. The van der Waals surface area contributed by atoms with Crippen LogP contribution in [0.15, 0.2) is 30.3 Å². The minimum atomic E-state index is 0.519. The van der Waals surface area contributed by atoms with Gasteiger partial charge in [0.1, 0.15) is 17.4 Å². The Morgan fingerprint density at radius 3 is 2.28 bits per heavy atom. The summed E-state index contributed by atoms with van der Waals surface area (Å²) in [5.74, 6) is 4.69. The lowest BCUT2D eigenvalue weighted by atomic mass is 9.92. The second-order valence-electron chi connectivity index (χ2n) is 9.11. The van der Waals surface area contributed by atoms with Crippen LogP contribution in [0.5, 0.6) is 5.75 Å². The fraction of sp³-hybridized carbons (Fsp3) is 0.542. The van der Waals surface area contributed by atoms with Crippen molar-refractivity contribution in [2.75, 3.05) is 48.4 Å². The molecule has 172 valence electrons. The molecule has 0 radical (unpaired) electrons. The molecule has 2 aromatic rings. The molecule has 0 unspecified atom stereocenters. The summed E-state index contributed by atoms with van der Waals surface area (Å²) in [5, 5.41) is 7.00. The van der Waals surface area contributed by atoms with E-state index in [4.69, 9.17) is 26.9 Å². The van der Waals surface area contributed by atoms with Crippen molar-refractivity contribution >= 4 is 34.9 Å². The smallest absolute Gasteiger partial charge is 0.232 e. The molecule has 2 saturated heterocycles. The highest BCUT2D eigenvalue weighted by atomic mass is 32.1. The lowest BCUT2D eigenvalue weighted by Gasteiger charge is -2.36. The summed E-state index contributed by atoms with van der Waals surface area (Å²) >= 11 is 5.54. The van der Waals surface area contributed by atoms with Gasteiger partial charge in [0.2, 0.25) is 5.95 Å². The van der Waals surface area contributed by atoms with E-state index < -0.39 is 0 Å². The third kappa shape index (κ3) is 5.79. The van der Waals surface area contributed by atoms with Crippen molar-refractivity contribution in [3.05, 3.63) is 35.9 Å². The molecular formula is C24H34N6OS. The van der Waals surface area contributed by atoms with Crippen molar-refractivity contribution in [2.45, 2.75) is 39.7 Å². The summed E-state index contributed by atoms with van der Waals surface area (Å²) in [6.45, 7) is 9.41. The number of piperidine rings is 1. The normalized spacial score (nSPS) is 20.8. The second kappa shape index (κ2) is 10.3. The van der Waals surface area contributed by atoms with Crippen LogP contribution >= 0.6 is 12.2 Å². The molecule has 2 atom stereocenters. The lowest BCUT2D eigenvalue weighted by molar-refractivity contribution is 0.355. The van der Waals surface area contributed by atoms with Crippen LogP contribution < -0.4 is 25.2 Å². The quantitative estimate of drug-likeness (QED) is 0.634. The second-order valence-corrected chi connectivity index (χ2v) is 9.52. The fourth-order valence-electron chi connectivity index (χ4n) is 4.67.